The molecule has 3 aromatic heterocycles. The van der Waals surface area contributed by atoms with Gasteiger partial charge in [0, 0.05) is 5.38 Å². The average Bonchev–Trinajstić information content (AvgIpc) is 3.35. The number of nitrogens with one attached hydrogen (secondary N) is 1. The molecule has 0 saturated heterocycles. The second kappa shape index (κ2) is 7.22. The molecule has 136 valence electrons. The lowest BCUT2D eigenvalue weighted by Crippen LogP contribution is -2.13. The van der Waals surface area contributed by atoms with E-state index in [0.29, 0.717) is 5.13 Å². The van der Waals surface area contributed by atoms with E-state index in [1.807, 2.05) is 22.9 Å². The molecule has 0 fully saturated rings. The Morgan fingerprint density at radius 2 is 2.11 bits per heavy atom. The van der Waals surface area contributed by atoms with Crippen LogP contribution in [0.25, 0.3) is 21.8 Å². The number of anilines is 1. The van der Waals surface area contributed by atoms with Crippen molar-refractivity contribution in [3.63, 3.8) is 0 Å². The molecule has 27 heavy (non-hydrogen) atoms. The van der Waals surface area contributed by atoms with Crippen LogP contribution < -0.4 is 5.32 Å². The van der Waals surface area contributed by atoms with Crippen LogP contribution in [0.5, 0.6) is 0 Å². The normalized spacial score (nSPS) is 10.9. The Kier molecular flexibility index (Phi) is 4.77. The fourth-order valence-electron chi connectivity index (χ4n) is 2.56. The minimum Gasteiger partial charge on any atom is -0.360 e. The number of rotatable bonds is 4. The van der Waals surface area contributed by atoms with E-state index in [4.69, 9.17) is 16.1 Å². The van der Waals surface area contributed by atoms with Gasteiger partial charge in [-0.05, 0) is 30.5 Å². The van der Waals surface area contributed by atoms with Crippen molar-refractivity contribution in [2.24, 2.45) is 0 Å². The Hall–Kier alpha value is -2.55. The van der Waals surface area contributed by atoms with Crippen LogP contribution in [0, 0.1) is 12.7 Å². The molecule has 1 aromatic carbocycles. The Balaban J connectivity index is 1.66. The summed E-state index contributed by atoms with van der Waals surface area (Å²) in [5.74, 6) is -0.814. The van der Waals surface area contributed by atoms with Crippen LogP contribution in [0.3, 0.4) is 0 Å². The highest BCUT2D eigenvalue weighted by atomic mass is 35.5. The number of aryl methyl sites for hydroxylation is 1. The second-order valence-corrected chi connectivity index (χ2v) is 7.74. The van der Waals surface area contributed by atoms with Gasteiger partial charge in [-0.15, -0.1) is 22.7 Å². The van der Waals surface area contributed by atoms with Crippen LogP contribution in [0.1, 0.15) is 16.1 Å². The van der Waals surface area contributed by atoms with E-state index in [2.05, 4.69) is 15.5 Å². The lowest BCUT2D eigenvalue weighted by atomic mass is 10.1. The van der Waals surface area contributed by atoms with Gasteiger partial charge in [-0.1, -0.05) is 28.9 Å². The largest absolute Gasteiger partial charge is 0.360 e. The van der Waals surface area contributed by atoms with E-state index in [9.17, 15) is 9.18 Å². The van der Waals surface area contributed by atoms with Gasteiger partial charge in [-0.3, -0.25) is 10.1 Å². The fraction of sp³-hybridized carbons (Fsp3) is 0.0556. The SMILES string of the molecule is Cc1onc(-c2c(F)cccc2Cl)c1C(=O)Nc1nc(-c2cccs2)cs1. The molecule has 0 bridgehead atoms. The van der Waals surface area contributed by atoms with E-state index in [-0.39, 0.29) is 27.6 Å². The van der Waals surface area contributed by atoms with Gasteiger partial charge in [0.15, 0.2) is 5.13 Å². The zero-order valence-electron chi connectivity index (χ0n) is 13.8. The van der Waals surface area contributed by atoms with Gasteiger partial charge in [0.1, 0.15) is 22.8 Å². The van der Waals surface area contributed by atoms with Crippen LogP contribution in [0.15, 0.2) is 45.6 Å². The van der Waals surface area contributed by atoms with Crippen molar-refractivity contribution < 1.29 is 13.7 Å². The Bertz CT molecular complexity index is 1100. The quantitative estimate of drug-likeness (QED) is 0.448. The van der Waals surface area contributed by atoms with E-state index < -0.39 is 11.7 Å². The number of thiophene rings is 1. The number of hydrogen-bond donors (Lipinski definition) is 1. The molecule has 0 aliphatic rings. The summed E-state index contributed by atoms with van der Waals surface area (Å²) in [5, 5.41) is 10.9. The maximum absolute atomic E-state index is 14.3. The average molecular weight is 420 g/mol. The van der Waals surface area contributed by atoms with Crippen LogP contribution in [-0.4, -0.2) is 16.0 Å². The van der Waals surface area contributed by atoms with Gasteiger partial charge in [-0.25, -0.2) is 9.37 Å². The van der Waals surface area contributed by atoms with Crippen LogP contribution in [0.4, 0.5) is 9.52 Å². The highest BCUT2D eigenvalue weighted by Gasteiger charge is 2.26. The first kappa shape index (κ1) is 17.8. The number of carbonyl (C=O) groups excluding carboxylic acids is 1. The fourth-order valence-corrected chi connectivity index (χ4v) is 4.28. The lowest BCUT2D eigenvalue weighted by Gasteiger charge is -2.05. The molecule has 4 aromatic rings. The van der Waals surface area contributed by atoms with E-state index in [1.165, 1.54) is 29.5 Å². The number of benzene rings is 1. The van der Waals surface area contributed by atoms with E-state index >= 15 is 0 Å². The Labute approximate surface area is 166 Å². The summed E-state index contributed by atoms with van der Waals surface area (Å²) in [6, 6.07) is 8.15. The number of amides is 1. The molecule has 0 aliphatic heterocycles. The van der Waals surface area contributed by atoms with Gasteiger partial charge >= 0.3 is 0 Å². The molecule has 0 atom stereocenters. The molecular formula is C18H11ClFN3O2S2. The lowest BCUT2D eigenvalue weighted by molar-refractivity contribution is 0.102. The zero-order valence-corrected chi connectivity index (χ0v) is 16.2. The van der Waals surface area contributed by atoms with Crippen LogP contribution >= 0.6 is 34.3 Å². The topological polar surface area (TPSA) is 68.0 Å². The van der Waals surface area contributed by atoms with Gasteiger partial charge in [0.05, 0.1) is 21.2 Å². The van der Waals surface area contributed by atoms with Crippen molar-refractivity contribution in [1.82, 2.24) is 10.1 Å². The molecule has 0 spiro atoms. The number of halogens is 2. The molecule has 0 saturated carbocycles. The third-order valence-electron chi connectivity index (χ3n) is 3.79. The Morgan fingerprint density at radius 1 is 1.26 bits per heavy atom. The maximum atomic E-state index is 14.3. The standard InChI is InChI=1S/C18H11ClFN3O2S2/c1-9-14(16(23-25-9)15-10(19)4-2-5-11(15)20)17(24)22-18-21-12(8-27-18)13-6-3-7-26-13/h2-8H,1H3,(H,21,22,24). The van der Waals surface area contributed by atoms with E-state index in [0.717, 1.165) is 10.6 Å². The summed E-state index contributed by atoms with van der Waals surface area (Å²) in [6.07, 6.45) is 0. The molecule has 9 heteroatoms. The zero-order chi connectivity index (χ0) is 19.0. The monoisotopic (exact) mass is 419 g/mol. The Morgan fingerprint density at radius 3 is 2.85 bits per heavy atom. The molecule has 4 rings (SSSR count). The predicted octanol–water partition coefficient (Wildman–Crippen LogP) is 5.88. The summed E-state index contributed by atoms with van der Waals surface area (Å²) in [6.45, 7) is 1.58. The molecule has 0 aliphatic carbocycles. The minimum atomic E-state index is -0.584. The number of hydrogen-bond acceptors (Lipinski definition) is 6. The highest BCUT2D eigenvalue weighted by Crippen LogP contribution is 2.34. The first-order valence-electron chi connectivity index (χ1n) is 7.76. The molecule has 1 amide bonds. The molecule has 3 heterocycles. The predicted molar refractivity (Wildman–Crippen MR) is 105 cm³/mol. The van der Waals surface area contributed by atoms with Crippen molar-refractivity contribution >= 4 is 45.3 Å². The van der Waals surface area contributed by atoms with Crippen LogP contribution in [0.2, 0.25) is 5.02 Å². The van der Waals surface area contributed by atoms with Gasteiger partial charge < -0.3 is 4.52 Å². The van der Waals surface area contributed by atoms with Crippen LogP contribution in [-0.2, 0) is 0 Å². The third-order valence-corrected chi connectivity index (χ3v) is 5.75. The molecular weight excluding hydrogens is 409 g/mol. The summed E-state index contributed by atoms with van der Waals surface area (Å²) in [5.41, 5.74) is 0.988. The molecule has 5 nitrogen and oxygen atoms in total. The maximum Gasteiger partial charge on any atom is 0.263 e. The molecule has 0 radical (unpaired) electrons. The third kappa shape index (κ3) is 3.39. The number of aromatic nitrogens is 2. The summed E-state index contributed by atoms with van der Waals surface area (Å²) < 4.78 is 19.4. The van der Waals surface area contributed by atoms with Crippen molar-refractivity contribution in [3.05, 3.63) is 63.3 Å². The molecule has 1 N–H and O–H groups in total. The number of thiazole rings is 1. The first-order chi connectivity index (χ1) is 13.0. The van der Waals surface area contributed by atoms with Gasteiger partial charge in [0.2, 0.25) is 0 Å². The summed E-state index contributed by atoms with van der Waals surface area (Å²) in [4.78, 5) is 18.2. The minimum absolute atomic E-state index is 0.0274. The van der Waals surface area contributed by atoms with Gasteiger partial charge in [-0.2, -0.15) is 0 Å². The molecule has 0 unspecified atom stereocenters. The first-order valence-corrected chi connectivity index (χ1v) is 9.89. The van der Waals surface area contributed by atoms with Gasteiger partial charge in [0.25, 0.3) is 5.91 Å². The van der Waals surface area contributed by atoms with Crippen molar-refractivity contribution in [3.8, 4) is 21.8 Å². The van der Waals surface area contributed by atoms with Crippen molar-refractivity contribution in [1.29, 1.82) is 0 Å². The smallest absolute Gasteiger partial charge is 0.263 e. The number of nitrogens with zero attached hydrogens (tertiary/aromatic N) is 2. The summed E-state index contributed by atoms with van der Waals surface area (Å²) >= 11 is 8.97. The van der Waals surface area contributed by atoms with Crippen molar-refractivity contribution in [2.75, 3.05) is 5.32 Å². The second-order valence-electron chi connectivity index (χ2n) is 5.53. The highest BCUT2D eigenvalue weighted by molar-refractivity contribution is 7.16. The number of carbonyl (C=O) groups is 1. The summed E-state index contributed by atoms with van der Waals surface area (Å²) in [7, 11) is 0. The van der Waals surface area contributed by atoms with Crippen molar-refractivity contribution in [2.45, 2.75) is 6.92 Å². The van der Waals surface area contributed by atoms with E-state index in [1.54, 1.807) is 18.3 Å².